The molecule has 0 saturated carbocycles. The van der Waals surface area contributed by atoms with Gasteiger partial charge in [-0.05, 0) is 0 Å². The molecule has 56 valence electrons. The Hall–Kier alpha value is -0.740. The molecule has 0 rings (SSSR count). The fraction of sp³-hybridized carbons (Fsp3) is 0. The molecule has 6 heteroatoms. The minimum Gasteiger partial charge on any atom is -0.544 e. The van der Waals surface area contributed by atoms with Crippen LogP contribution in [0.2, 0.25) is 0 Å². The van der Waals surface area contributed by atoms with E-state index >= 15 is 0 Å². The molecule has 0 heterocycles. The lowest BCUT2D eigenvalue weighted by molar-refractivity contribution is -0.298. The van der Waals surface area contributed by atoms with E-state index in [1.165, 1.54) is 0 Å². The first-order valence-corrected chi connectivity index (χ1v) is 2.72. The van der Waals surface area contributed by atoms with Crippen molar-refractivity contribution in [3.8, 4) is 0 Å². The molecule has 1 N–H and O–H groups in total. The molecule has 0 aliphatic heterocycles. The summed E-state index contributed by atoms with van der Waals surface area (Å²) in [5.74, 6) is -3.41. The van der Waals surface area contributed by atoms with Crippen molar-refractivity contribution < 1.29 is 19.8 Å². The Labute approximate surface area is 65.7 Å². The van der Waals surface area contributed by atoms with Crippen LogP contribution < -0.4 is 5.11 Å². The van der Waals surface area contributed by atoms with E-state index in [1.54, 1.807) is 0 Å². The third-order valence-electron chi connectivity index (χ3n) is 0.560. The second-order valence-corrected chi connectivity index (χ2v) is 1.98. The van der Waals surface area contributed by atoms with Gasteiger partial charge >= 0.3 is 5.97 Å². The Morgan fingerprint density at radius 1 is 1.20 bits per heavy atom. The summed E-state index contributed by atoms with van der Waals surface area (Å²) in [6.07, 6.45) is 0. The number of aliphatic carboxylic acids is 2. The van der Waals surface area contributed by atoms with Crippen molar-refractivity contribution in [3.63, 3.8) is 0 Å². The first kappa shape index (κ1) is 9.26. The van der Waals surface area contributed by atoms with Crippen LogP contribution in [0.5, 0.6) is 0 Å². The number of carboxylic acid groups (broad SMARTS) is 2. The molecule has 0 spiro atoms. The van der Waals surface area contributed by atoms with Gasteiger partial charge in [-0.25, -0.2) is 4.79 Å². The molecule has 0 aliphatic rings. The van der Waals surface area contributed by atoms with Crippen LogP contribution in [0.3, 0.4) is 0 Å². The minimum atomic E-state index is -1.81. The first-order chi connectivity index (χ1) is 4.46. The van der Waals surface area contributed by atoms with Gasteiger partial charge in [-0.2, -0.15) is 0 Å². The smallest absolute Gasteiger partial charge is 0.348 e. The molecule has 4 nitrogen and oxygen atoms in total. The molecule has 0 aromatic carbocycles. The van der Waals surface area contributed by atoms with Crippen molar-refractivity contribution in [3.05, 3.63) is 10.1 Å². The third-order valence-corrected chi connectivity index (χ3v) is 1.35. The van der Waals surface area contributed by atoms with Gasteiger partial charge in [0, 0.05) is 0 Å². The van der Waals surface area contributed by atoms with Gasteiger partial charge in [-0.1, -0.05) is 23.2 Å². The summed E-state index contributed by atoms with van der Waals surface area (Å²) in [6, 6.07) is 0. The van der Waals surface area contributed by atoms with Crippen LogP contribution in [0.4, 0.5) is 0 Å². The van der Waals surface area contributed by atoms with Gasteiger partial charge in [-0.15, -0.1) is 0 Å². The maximum atomic E-state index is 9.88. The summed E-state index contributed by atoms with van der Waals surface area (Å²) in [4.78, 5) is 19.7. The number of carbonyl (C=O) groups is 2. The number of hydrogen-bond donors (Lipinski definition) is 1. The zero-order valence-electron chi connectivity index (χ0n) is 4.43. The fourth-order valence-corrected chi connectivity index (χ4v) is 0.341. The van der Waals surface area contributed by atoms with Gasteiger partial charge in [0.2, 0.25) is 0 Å². The molecule has 0 aliphatic carbocycles. The van der Waals surface area contributed by atoms with Gasteiger partial charge in [0.05, 0.1) is 11.0 Å². The van der Waals surface area contributed by atoms with Crippen molar-refractivity contribution in [2.24, 2.45) is 0 Å². The monoisotopic (exact) mass is 183 g/mol. The van der Waals surface area contributed by atoms with E-state index < -0.39 is 22.0 Å². The topological polar surface area (TPSA) is 77.4 Å². The first-order valence-electron chi connectivity index (χ1n) is 1.96. The SMILES string of the molecule is O=C([O-])/C(Cl)=C(/Cl)C(=O)O. The summed E-state index contributed by atoms with van der Waals surface area (Å²) in [7, 11) is 0. The molecular formula is C4HCl2O4-. The molecule has 0 radical (unpaired) electrons. The zero-order chi connectivity index (χ0) is 8.31. The van der Waals surface area contributed by atoms with Crippen molar-refractivity contribution >= 4 is 35.1 Å². The molecule has 0 saturated heterocycles. The lowest BCUT2D eigenvalue weighted by atomic mass is 10.5. The average molecular weight is 184 g/mol. The van der Waals surface area contributed by atoms with E-state index in [0.29, 0.717) is 0 Å². The van der Waals surface area contributed by atoms with E-state index in [0.717, 1.165) is 0 Å². The second kappa shape index (κ2) is 3.43. The summed E-state index contributed by atoms with van der Waals surface area (Å²) >= 11 is 9.75. The maximum Gasteiger partial charge on any atom is 0.348 e. The Bertz CT molecular complexity index is 185. The summed E-state index contributed by atoms with van der Waals surface area (Å²) in [5.41, 5.74) is 0. The van der Waals surface area contributed by atoms with Crippen LogP contribution in [-0.2, 0) is 9.59 Å². The fourth-order valence-electron chi connectivity index (χ4n) is 0.183. The maximum absolute atomic E-state index is 9.88. The Morgan fingerprint density at radius 2 is 1.60 bits per heavy atom. The van der Waals surface area contributed by atoms with Gasteiger partial charge in [0.15, 0.2) is 0 Å². The third kappa shape index (κ3) is 2.24. The van der Waals surface area contributed by atoms with Crippen molar-refractivity contribution in [1.82, 2.24) is 0 Å². The molecule has 0 aromatic heterocycles. The molecule has 0 fully saturated rings. The van der Waals surface area contributed by atoms with Crippen LogP contribution in [-0.4, -0.2) is 17.0 Å². The highest BCUT2D eigenvalue weighted by molar-refractivity contribution is 6.52. The van der Waals surface area contributed by atoms with E-state index in [2.05, 4.69) is 0 Å². The van der Waals surface area contributed by atoms with E-state index in [9.17, 15) is 14.7 Å². The second-order valence-electron chi connectivity index (χ2n) is 1.22. The molecule has 0 atom stereocenters. The Balaban J connectivity index is 4.67. The van der Waals surface area contributed by atoms with Crippen LogP contribution in [0.1, 0.15) is 0 Å². The van der Waals surface area contributed by atoms with E-state index in [-0.39, 0.29) is 0 Å². The lowest BCUT2D eigenvalue weighted by Crippen LogP contribution is -2.23. The predicted octanol–water partition coefficient (Wildman–Crippen LogP) is -0.490. The quantitative estimate of drug-likeness (QED) is 0.587. The molecule has 0 amide bonds. The van der Waals surface area contributed by atoms with Gasteiger partial charge in [0.1, 0.15) is 5.03 Å². The number of carboxylic acids is 2. The van der Waals surface area contributed by atoms with Crippen LogP contribution in [0, 0.1) is 0 Å². The highest BCUT2D eigenvalue weighted by atomic mass is 35.5. The highest BCUT2D eigenvalue weighted by Gasteiger charge is 2.09. The van der Waals surface area contributed by atoms with Crippen LogP contribution >= 0.6 is 23.2 Å². The van der Waals surface area contributed by atoms with Gasteiger partial charge in [-0.3, -0.25) is 0 Å². The van der Waals surface area contributed by atoms with Gasteiger partial charge < -0.3 is 15.0 Å². The van der Waals surface area contributed by atoms with Crippen LogP contribution in [0.15, 0.2) is 10.1 Å². The normalized spacial score (nSPS) is 12.2. The number of rotatable bonds is 2. The molecule has 0 unspecified atom stereocenters. The standard InChI is InChI=1S/C4H2Cl2O4/c5-1(3(7)8)2(6)4(9)10/h(H,7,8)(H,9,10)/p-1/b2-1-. The Morgan fingerprint density at radius 3 is 1.70 bits per heavy atom. The molecular weight excluding hydrogens is 183 g/mol. The average Bonchev–Trinajstić information content (AvgIpc) is 1.84. The minimum absolute atomic E-state index is 0.957. The van der Waals surface area contributed by atoms with E-state index in [4.69, 9.17) is 28.3 Å². The largest absolute Gasteiger partial charge is 0.544 e. The van der Waals surface area contributed by atoms with Crippen molar-refractivity contribution in [2.75, 3.05) is 0 Å². The molecule has 0 aromatic rings. The van der Waals surface area contributed by atoms with Crippen LogP contribution in [0.25, 0.3) is 0 Å². The predicted molar refractivity (Wildman–Crippen MR) is 31.4 cm³/mol. The summed E-state index contributed by atoms with van der Waals surface area (Å²) < 4.78 is 0. The zero-order valence-corrected chi connectivity index (χ0v) is 5.94. The van der Waals surface area contributed by atoms with Gasteiger partial charge in [0.25, 0.3) is 0 Å². The van der Waals surface area contributed by atoms with Crippen molar-refractivity contribution in [1.29, 1.82) is 0 Å². The summed E-state index contributed by atoms with van der Waals surface area (Å²) in [6.45, 7) is 0. The number of halogens is 2. The molecule has 0 bridgehead atoms. The molecule has 10 heavy (non-hydrogen) atoms. The number of hydrogen-bond acceptors (Lipinski definition) is 3. The van der Waals surface area contributed by atoms with Crippen molar-refractivity contribution in [2.45, 2.75) is 0 Å². The summed E-state index contributed by atoms with van der Waals surface area (Å²) in [5, 5.41) is 15.9. The van der Waals surface area contributed by atoms with E-state index in [1.807, 2.05) is 0 Å². The lowest BCUT2D eigenvalue weighted by Gasteiger charge is -1.98. The number of carbonyl (C=O) groups excluding carboxylic acids is 1. The highest BCUT2D eigenvalue weighted by Crippen LogP contribution is 2.12. The Kier molecular flexibility index (Phi) is 3.18.